The number of aromatic nitrogens is 1. The summed E-state index contributed by atoms with van der Waals surface area (Å²) in [5, 5.41) is 3.61. The number of hydrogen-bond acceptors (Lipinski definition) is 2. The highest BCUT2D eigenvalue weighted by atomic mass is 14.9. The molecule has 2 rings (SSSR count). The third-order valence-corrected chi connectivity index (χ3v) is 3.89. The molecule has 1 heterocycles. The van der Waals surface area contributed by atoms with E-state index in [1.807, 2.05) is 0 Å². The molecule has 2 heteroatoms. The van der Waals surface area contributed by atoms with Crippen LogP contribution < -0.4 is 5.32 Å². The second-order valence-corrected chi connectivity index (χ2v) is 5.62. The van der Waals surface area contributed by atoms with Crippen LogP contribution in [-0.2, 0) is 6.42 Å². The zero-order valence-corrected chi connectivity index (χ0v) is 13.4. The molecule has 0 fully saturated rings. The van der Waals surface area contributed by atoms with Crippen LogP contribution in [0.4, 0.5) is 0 Å². The largest absolute Gasteiger partial charge is 0.310 e. The molecule has 0 saturated heterocycles. The minimum absolute atomic E-state index is 0.409. The second kappa shape index (κ2) is 7.94. The summed E-state index contributed by atoms with van der Waals surface area (Å²) in [6.07, 6.45) is 3.48. The smallest absolute Gasteiger partial charge is 0.0423 e. The Labute approximate surface area is 128 Å². The molecule has 0 saturated carbocycles. The second-order valence-electron chi connectivity index (χ2n) is 5.62. The van der Waals surface area contributed by atoms with E-state index in [0.29, 0.717) is 6.04 Å². The van der Waals surface area contributed by atoms with Crippen molar-refractivity contribution in [1.29, 1.82) is 0 Å². The summed E-state index contributed by atoms with van der Waals surface area (Å²) in [5.41, 5.74) is 5.01. The molecule has 112 valence electrons. The third kappa shape index (κ3) is 4.68. The fourth-order valence-electron chi connectivity index (χ4n) is 2.83. The molecule has 2 nitrogen and oxygen atoms in total. The molecule has 0 radical (unpaired) electrons. The summed E-state index contributed by atoms with van der Waals surface area (Å²) < 4.78 is 0. The van der Waals surface area contributed by atoms with E-state index in [1.54, 1.807) is 0 Å². The van der Waals surface area contributed by atoms with Gasteiger partial charge in [0.15, 0.2) is 0 Å². The fourth-order valence-corrected chi connectivity index (χ4v) is 2.83. The predicted molar refractivity (Wildman–Crippen MR) is 89.5 cm³/mol. The number of hydrogen-bond donors (Lipinski definition) is 1. The lowest BCUT2D eigenvalue weighted by atomic mass is 9.97. The van der Waals surface area contributed by atoms with E-state index in [4.69, 9.17) is 0 Å². The maximum atomic E-state index is 4.60. The average Bonchev–Trinajstić information content (AvgIpc) is 2.48. The van der Waals surface area contributed by atoms with Gasteiger partial charge in [0.05, 0.1) is 0 Å². The van der Waals surface area contributed by atoms with Gasteiger partial charge >= 0.3 is 0 Å². The van der Waals surface area contributed by atoms with E-state index >= 15 is 0 Å². The Morgan fingerprint density at radius 3 is 2.48 bits per heavy atom. The topological polar surface area (TPSA) is 24.9 Å². The number of pyridine rings is 1. The van der Waals surface area contributed by atoms with Crippen LogP contribution in [0.25, 0.3) is 0 Å². The molecule has 1 atom stereocenters. The van der Waals surface area contributed by atoms with Gasteiger partial charge in [-0.1, -0.05) is 43.3 Å². The molecule has 1 unspecified atom stereocenters. The van der Waals surface area contributed by atoms with Gasteiger partial charge in [0.25, 0.3) is 0 Å². The fraction of sp³-hybridized carbons (Fsp3) is 0.421. The summed E-state index contributed by atoms with van der Waals surface area (Å²) in [4.78, 5) is 4.60. The molecular formula is C19H26N2. The van der Waals surface area contributed by atoms with Crippen molar-refractivity contribution in [1.82, 2.24) is 10.3 Å². The van der Waals surface area contributed by atoms with Crippen LogP contribution in [0.1, 0.15) is 48.3 Å². The normalized spacial score (nSPS) is 12.3. The van der Waals surface area contributed by atoms with Crippen LogP contribution in [0.3, 0.4) is 0 Å². The van der Waals surface area contributed by atoms with Crippen molar-refractivity contribution in [3.05, 3.63) is 65.0 Å². The standard InChI is InChI=1S/C19H26N2/c1-4-20-19(18-14-13-15(2)21-16(18)3)12-8-11-17-9-6-5-7-10-17/h5-7,9-10,13-14,19-20H,4,8,11-12H2,1-3H3. The van der Waals surface area contributed by atoms with E-state index in [0.717, 1.165) is 30.8 Å². The van der Waals surface area contributed by atoms with Crippen LogP contribution >= 0.6 is 0 Å². The van der Waals surface area contributed by atoms with Gasteiger partial charge in [-0.3, -0.25) is 4.98 Å². The highest BCUT2D eigenvalue weighted by molar-refractivity contribution is 5.25. The average molecular weight is 282 g/mol. The maximum absolute atomic E-state index is 4.60. The van der Waals surface area contributed by atoms with Gasteiger partial charge in [-0.15, -0.1) is 0 Å². The minimum atomic E-state index is 0.409. The van der Waals surface area contributed by atoms with Gasteiger partial charge in [0, 0.05) is 17.4 Å². The van der Waals surface area contributed by atoms with E-state index < -0.39 is 0 Å². The Bertz CT molecular complexity index is 549. The SMILES string of the molecule is CCNC(CCCc1ccccc1)c1ccc(C)nc1C. The zero-order valence-electron chi connectivity index (χ0n) is 13.4. The van der Waals surface area contributed by atoms with Crippen molar-refractivity contribution in [3.8, 4) is 0 Å². The number of nitrogens with zero attached hydrogens (tertiary/aromatic N) is 1. The van der Waals surface area contributed by atoms with Crippen LogP contribution in [0.15, 0.2) is 42.5 Å². The van der Waals surface area contributed by atoms with Crippen molar-refractivity contribution >= 4 is 0 Å². The molecule has 1 aromatic heterocycles. The molecule has 2 aromatic rings. The number of rotatable bonds is 7. The van der Waals surface area contributed by atoms with E-state index in [2.05, 4.69) is 73.5 Å². The Kier molecular flexibility index (Phi) is 5.94. The van der Waals surface area contributed by atoms with Crippen LogP contribution in [-0.4, -0.2) is 11.5 Å². The summed E-state index contributed by atoms with van der Waals surface area (Å²) in [6.45, 7) is 7.32. The Morgan fingerprint density at radius 1 is 1.05 bits per heavy atom. The Morgan fingerprint density at radius 2 is 1.81 bits per heavy atom. The number of aryl methyl sites for hydroxylation is 3. The summed E-state index contributed by atoms with van der Waals surface area (Å²) in [6, 6.07) is 15.5. The minimum Gasteiger partial charge on any atom is -0.310 e. The zero-order chi connectivity index (χ0) is 15.1. The first kappa shape index (κ1) is 15.7. The van der Waals surface area contributed by atoms with Crippen molar-refractivity contribution in [2.45, 2.75) is 46.1 Å². The molecule has 0 amide bonds. The van der Waals surface area contributed by atoms with E-state index in [-0.39, 0.29) is 0 Å². The molecule has 1 aromatic carbocycles. The lowest BCUT2D eigenvalue weighted by Gasteiger charge is -2.20. The van der Waals surface area contributed by atoms with Crippen LogP contribution in [0, 0.1) is 13.8 Å². The van der Waals surface area contributed by atoms with Gasteiger partial charge in [0.2, 0.25) is 0 Å². The molecule has 0 aliphatic carbocycles. The Balaban J connectivity index is 1.98. The van der Waals surface area contributed by atoms with Crippen molar-refractivity contribution < 1.29 is 0 Å². The maximum Gasteiger partial charge on any atom is 0.0423 e. The first-order chi connectivity index (χ1) is 10.2. The van der Waals surface area contributed by atoms with Gasteiger partial charge in [0.1, 0.15) is 0 Å². The number of benzene rings is 1. The third-order valence-electron chi connectivity index (χ3n) is 3.89. The first-order valence-corrected chi connectivity index (χ1v) is 7.92. The summed E-state index contributed by atoms with van der Waals surface area (Å²) >= 11 is 0. The summed E-state index contributed by atoms with van der Waals surface area (Å²) in [7, 11) is 0. The lowest BCUT2D eigenvalue weighted by molar-refractivity contribution is 0.494. The lowest BCUT2D eigenvalue weighted by Crippen LogP contribution is -2.22. The van der Waals surface area contributed by atoms with E-state index in [1.165, 1.54) is 17.5 Å². The summed E-state index contributed by atoms with van der Waals surface area (Å²) in [5.74, 6) is 0. The molecule has 0 aliphatic heterocycles. The monoisotopic (exact) mass is 282 g/mol. The molecule has 21 heavy (non-hydrogen) atoms. The van der Waals surface area contributed by atoms with Gasteiger partial charge in [-0.05, 0) is 56.8 Å². The van der Waals surface area contributed by atoms with Gasteiger partial charge in [-0.2, -0.15) is 0 Å². The van der Waals surface area contributed by atoms with Gasteiger partial charge in [-0.25, -0.2) is 0 Å². The predicted octanol–water partition coefficient (Wildman–Crippen LogP) is 4.37. The van der Waals surface area contributed by atoms with Crippen LogP contribution in [0.2, 0.25) is 0 Å². The molecule has 1 N–H and O–H groups in total. The Hall–Kier alpha value is -1.67. The van der Waals surface area contributed by atoms with E-state index in [9.17, 15) is 0 Å². The highest BCUT2D eigenvalue weighted by Crippen LogP contribution is 2.22. The first-order valence-electron chi connectivity index (χ1n) is 7.92. The molecular weight excluding hydrogens is 256 g/mol. The molecule has 0 aliphatic rings. The quantitative estimate of drug-likeness (QED) is 0.815. The van der Waals surface area contributed by atoms with Crippen molar-refractivity contribution in [3.63, 3.8) is 0 Å². The molecule has 0 spiro atoms. The van der Waals surface area contributed by atoms with Gasteiger partial charge < -0.3 is 5.32 Å². The van der Waals surface area contributed by atoms with Crippen molar-refractivity contribution in [2.75, 3.05) is 6.54 Å². The van der Waals surface area contributed by atoms with Crippen molar-refractivity contribution in [2.24, 2.45) is 0 Å². The molecule has 0 bridgehead atoms. The van der Waals surface area contributed by atoms with Crippen LogP contribution in [0.5, 0.6) is 0 Å². The highest BCUT2D eigenvalue weighted by Gasteiger charge is 2.13. The number of nitrogens with one attached hydrogen (secondary N) is 1.